The predicted molar refractivity (Wildman–Crippen MR) is 74.7 cm³/mol. The molecule has 1 aliphatic carbocycles. The van der Waals surface area contributed by atoms with Crippen LogP contribution in [0.4, 0.5) is 17.6 Å². The molecule has 1 aromatic rings. The zero-order valence-corrected chi connectivity index (χ0v) is 13.1. The van der Waals surface area contributed by atoms with E-state index in [4.69, 9.17) is 16.3 Å². The van der Waals surface area contributed by atoms with Crippen molar-refractivity contribution in [1.82, 2.24) is 4.98 Å². The van der Waals surface area contributed by atoms with Gasteiger partial charge in [0.15, 0.2) is 0 Å². The van der Waals surface area contributed by atoms with E-state index in [-0.39, 0.29) is 6.61 Å². The van der Waals surface area contributed by atoms with E-state index in [0.29, 0.717) is 5.56 Å². The van der Waals surface area contributed by atoms with Gasteiger partial charge in [0.25, 0.3) is 0 Å². The summed E-state index contributed by atoms with van der Waals surface area (Å²) in [6, 6.07) is 2.59. The molecule has 1 saturated carbocycles. The molecule has 0 saturated heterocycles. The molecule has 0 amide bonds. The van der Waals surface area contributed by atoms with Crippen molar-refractivity contribution in [3.8, 4) is 0 Å². The minimum Gasteiger partial charge on any atom is -0.461 e. The number of carbonyl (C=O) groups excluding carboxylic acids is 1. The molecule has 23 heavy (non-hydrogen) atoms. The van der Waals surface area contributed by atoms with Crippen LogP contribution in [0.3, 0.4) is 0 Å². The number of nitrogens with zero attached hydrogens (tertiary/aromatic N) is 1. The van der Waals surface area contributed by atoms with Crippen LogP contribution in [0.5, 0.6) is 0 Å². The Labute approximate surface area is 135 Å². The van der Waals surface area contributed by atoms with Gasteiger partial charge in [-0.25, -0.2) is 4.98 Å². The van der Waals surface area contributed by atoms with Gasteiger partial charge in [-0.1, -0.05) is 31.5 Å². The Bertz CT molecular complexity index is 643. The maximum atomic E-state index is 12.9. The highest BCUT2D eigenvalue weighted by Gasteiger charge is 2.62. The summed E-state index contributed by atoms with van der Waals surface area (Å²) in [5.74, 6) is -2.72. The smallest absolute Gasteiger partial charge is 0.426 e. The number of carbonyl (C=O) groups is 1. The summed E-state index contributed by atoms with van der Waals surface area (Å²) in [4.78, 5) is 15.4. The Balaban J connectivity index is 2.00. The maximum absolute atomic E-state index is 12.9. The highest BCUT2D eigenvalue weighted by molar-refractivity contribution is 6.30. The molecule has 0 aliphatic heterocycles. The van der Waals surface area contributed by atoms with Crippen LogP contribution in [0, 0.1) is 23.2 Å². The van der Waals surface area contributed by atoms with E-state index in [1.165, 1.54) is 12.3 Å². The Morgan fingerprint density at radius 3 is 2.70 bits per heavy atom. The van der Waals surface area contributed by atoms with Gasteiger partial charge in [0.05, 0.1) is 5.92 Å². The number of esters is 1. The Morgan fingerprint density at radius 1 is 1.48 bits per heavy atom. The molecular weight excluding hydrogens is 338 g/mol. The van der Waals surface area contributed by atoms with Crippen molar-refractivity contribution in [2.24, 2.45) is 17.3 Å². The standard InChI is InChI=1S/C15H14ClF4NO2/c1-14(2)9(6-10(16)15(18,19)20)12(14)13(22)23-7-8-3-4-21-11(17)5-8/h3-6,9,12H,7H2,1-2H3/b10-6+. The van der Waals surface area contributed by atoms with E-state index < -0.39 is 40.4 Å². The van der Waals surface area contributed by atoms with Crippen molar-refractivity contribution >= 4 is 17.6 Å². The Kier molecular flexibility index (Phi) is 4.71. The fourth-order valence-corrected chi connectivity index (χ4v) is 2.60. The minimum absolute atomic E-state index is 0.172. The lowest BCUT2D eigenvalue weighted by molar-refractivity contribution is -0.147. The number of hydrogen-bond donors (Lipinski definition) is 0. The molecule has 1 aliphatic rings. The molecule has 0 radical (unpaired) electrons. The van der Waals surface area contributed by atoms with Crippen molar-refractivity contribution in [2.45, 2.75) is 26.6 Å². The monoisotopic (exact) mass is 351 g/mol. The zero-order valence-electron chi connectivity index (χ0n) is 12.3. The summed E-state index contributed by atoms with van der Waals surface area (Å²) in [6.45, 7) is 3.15. The summed E-state index contributed by atoms with van der Waals surface area (Å²) in [5, 5.41) is -1.25. The second kappa shape index (κ2) is 6.11. The molecule has 1 fully saturated rings. The van der Waals surface area contributed by atoms with Gasteiger partial charge in [-0.2, -0.15) is 17.6 Å². The van der Waals surface area contributed by atoms with Crippen LogP contribution in [0.15, 0.2) is 29.4 Å². The zero-order chi connectivity index (χ0) is 17.4. The van der Waals surface area contributed by atoms with Crippen molar-refractivity contribution < 1.29 is 27.1 Å². The molecule has 2 unspecified atom stereocenters. The largest absolute Gasteiger partial charge is 0.461 e. The number of alkyl halides is 3. The number of rotatable bonds is 4. The molecule has 0 N–H and O–H groups in total. The Morgan fingerprint density at radius 2 is 2.13 bits per heavy atom. The number of pyridine rings is 1. The first-order valence-electron chi connectivity index (χ1n) is 6.75. The average Bonchev–Trinajstić information content (AvgIpc) is 2.96. The first-order chi connectivity index (χ1) is 10.5. The molecule has 0 bridgehead atoms. The molecule has 0 aromatic carbocycles. The number of hydrogen-bond acceptors (Lipinski definition) is 3. The van der Waals surface area contributed by atoms with Gasteiger partial charge in [-0.05, 0) is 29.0 Å². The van der Waals surface area contributed by atoms with Crippen LogP contribution in [0.25, 0.3) is 0 Å². The van der Waals surface area contributed by atoms with Crippen molar-refractivity contribution in [3.05, 3.63) is 40.9 Å². The molecule has 1 heterocycles. The molecule has 8 heteroatoms. The summed E-state index contributed by atoms with van der Waals surface area (Å²) in [7, 11) is 0. The molecule has 126 valence electrons. The van der Waals surface area contributed by atoms with E-state index in [1.807, 2.05) is 0 Å². The van der Waals surface area contributed by atoms with Crippen LogP contribution in [0.1, 0.15) is 19.4 Å². The summed E-state index contributed by atoms with van der Waals surface area (Å²) in [5.41, 5.74) is -0.267. The highest BCUT2D eigenvalue weighted by Crippen LogP contribution is 2.60. The minimum atomic E-state index is -4.64. The van der Waals surface area contributed by atoms with Crippen LogP contribution in [-0.4, -0.2) is 17.1 Å². The molecule has 0 spiro atoms. The lowest BCUT2D eigenvalue weighted by atomic mass is 10.1. The second-order valence-electron chi connectivity index (χ2n) is 5.93. The topological polar surface area (TPSA) is 39.2 Å². The predicted octanol–water partition coefficient (Wildman–Crippen LogP) is 4.22. The van der Waals surface area contributed by atoms with E-state index in [0.717, 1.165) is 12.1 Å². The normalized spacial score (nSPS) is 23.5. The van der Waals surface area contributed by atoms with Crippen LogP contribution in [0.2, 0.25) is 0 Å². The fraction of sp³-hybridized carbons (Fsp3) is 0.467. The molecule has 2 rings (SSSR count). The van der Waals surface area contributed by atoms with Gasteiger partial charge < -0.3 is 4.74 Å². The Hall–Kier alpha value is -1.63. The van der Waals surface area contributed by atoms with Crippen molar-refractivity contribution in [3.63, 3.8) is 0 Å². The summed E-state index contributed by atoms with van der Waals surface area (Å²) >= 11 is 5.21. The molecule has 1 aromatic heterocycles. The number of allylic oxidation sites excluding steroid dienone is 2. The highest BCUT2D eigenvalue weighted by atomic mass is 35.5. The number of halogens is 5. The van der Waals surface area contributed by atoms with Gasteiger partial charge in [-0.3, -0.25) is 4.79 Å². The first kappa shape index (κ1) is 17.7. The molecule has 3 nitrogen and oxygen atoms in total. The van der Waals surface area contributed by atoms with Crippen LogP contribution < -0.4 is 0 Å². The van der Waals surface area contributed by atoms with Gasteiger partial charge in [0.1, 0.15) is 11.6 Å². The third-order valence-corrected chi connectivity index (χ3v) is 4.27. The second-order valence-corrected chi connectivity index (χ2v) is 6.34. The van der Waals surface area contributed by atoms with Crippen molar-refractivity contribution in [1.29, 1.82) is 0 Å². The van der Waals surface area contributed by atoms with Crippen LogP contribution >= 0.6 is 11.6 Å². The van der Waals surface area contributed by atoms with E-state index in [9.17, 15) is 22.4 Å². The van der Waals surface area contributed by atoms with Crippen LogP contribution in [-0.2, 0) is 16.1 Å². The number of ether oxygens (including phenoxy) is 1. The van der Waals surface area contributed by atoms with Gasteiger partial charge >= 0.3 is 12.1 Å². The third-order valence-electron chi connectivity index (χ3n) is 3.93. The van der Waals surface area contributed by atoms with Gasteiger partial charge in [0, 0.05) is 6.20 Å². The fourth-order valence-electron chi connectivity index (χ4n) is 2.47. The third kappa shape index (κ3) is 4.02. The molecule has 2 atom stereocenters. The first-order valence-corrected chi connectivity index (χ1v) is 7.13. The van der Waals surface area contributed by atoms with E-state index in [1.54, 1.807) is 13.8 Å². The summed E-state index contributed by atoms with van der Waals surface area (Å²) in [6.07, 6.45) is -2.56. The number of aromatic nitrogens is 1. The van der Waals surface area contributed by atoms with Crippen molar-refractivity contribution in [2.75, 3.05) is 0 Å². The summed E-state index contributed by atoms with van der Waals surface area (Å²) < 4.78 is 55.4. The van der Waals surface area contributed by atoms with Gasteiger partial charge in [-0.15, -0.1) is 0 Å². The lowest BCUT2D eigenvalue weighted by Crippen LogP contribution is -2.11. The lowest BCUT2D eigenvalue weighted by Gasteiger charge is -2.05. The maximum Gasteiger partial charge on any atom is 0.426 e. The SMILES string of the molecule is CC1(C)C(/C=C(/Cl)C(F)(F)F)C1C(=O)OCc1ccnc(F)c1. The van der Waals surface area contributed by atoms with E-state index in [2.05, 4.69) is 4.98 Å². The van der Waals surface area contributed by atoms with E-state index >= 15 is 0 Å². The molecular formula is C15H14ClF4NO2. The average molecular weight is 352 g/mol. The van der Waals surface area contributed by atoms with Gasteiger partial charge in [0.2, 0.25) is 5.95 Å². The quantitative estimate of drug-likeness (QED) is 0.463.